The van der Waals surface area contributed by atoms with Crippen molar-refractivity contribution < 1.29 is 9.53 Å². The lowest BCUT2D eigenvalue weighted by atomic mass is 9.91. The molecule has 0 aliphatic rings. The topological polar surface area (TPSA) is 26.3 Å². The van der Waals surface area contributed by atoms with Gasteiger partial charge in [0.05, 0.1) is 0 Å². The molecule has 3 rings (SSSR count). The Bertz CT molecular complexity index is 740. The van der Waals surface area contributed by atoms with Crippen molar-refractivity contribution in [1.82, 2.24) is 0 Å². The Morgan fingerprint density at radius 1 is 0.739 bits per heavy atom. The first-order chi connectivity index (χ1) is 11.3. The Morgan fingerprint density at radius 3 is 1.74 bits per heavy atom. The van der Waals surface area contributed by atoms with Crippen molar-refractivity contribution in [2.75, 3.05) is 0 Å². The first-order valence-corrected chi connectivity index (χ1v) is 7.63. The molecule has 0 radical (unpaired) electrons. The largest absolute Gasteiger partial charge is 0.426 e. The van der Waals surface area contributed by atoms with E-state index >= 15 is 0 Å². The van der Waals surface area contributed by atoms with Gasteiger partial charge in [-0.05, 0) is 29.7 Å². The lowest BCUT2D eigenvalue weighted by molar-refractivity contribution is -0.135. The summed E-state index contributed by atoms with van der Waals surface area (Å²) < 4.78 is 5.68. The number of rotatable bonds is 4. The molecule has 3 aromatic carbocycles. The Kier molecular flexibility index (Phi) is 4.53. The lowest BCUT2D eigenvalue weighted by Crippen LogP contribution is -2.20. The summed E-state index contributed by atoms with van der Waals surface area (Å²) in [6.45, 7) is 1.93. The van der Waals surface area contributed by atoms with Gasteiger partial charge in [-0.2, -0.15) is 0 Å². The van der Waals surface area contributed by atoms with Gasteiger partial charge in [-0.1, -0.05) is 78.9 Å². The predicted octanol–water partition coefficient (Wildman–Crippen LogP) is 4.73. The number of benzene rings is 3. The molecule has 0 heterocycles. The highest BCUT2D eigenvalue weighted by atomic mass is 16.5. The molecular weight excluding hydrogens is 284 g/mol. The van der Waals surface area contributed by atoms with Gasteiger partial charge in [0.15, 0.2) is 0 Å². The number of aryl methyl sites for hydroxylation is 1. The SMILES string of the molecule is Cc1ccccc1OC(=O)C(c1ccccc1)c1ccccc1. The fourth-order valence-electron chi connectivity index (χ4n) is 2.59. The third-order valence-corrected chi connectivity index (χ3v) is 3.81. The van der Waals surface area contributed by atoms with Crippen LogP contribution in [0.2, 0.25) is 0 Å². The Morgan fingerprint density at radius 2 is 1.22 bits per heavy atom. The third kappa shape index (κ3) is 3.49. The first kappa shape index (κ1) is 15.0. The predicted molar refractivity (Wildman–Crippen MR) is 91.5 cm³/mol. The summed E-state index contributed by atoms with van der Waals surface area (Å²) in [5.41, 5.74) is 2.80. The molecule has 0 unspecified atom stereocenters. The maximum absolute atomic E-state index is 12.8. The van der Waals surface area contributed by atoms with Crippen LogP contribution in [0, 0.1) is 6.92 Å². The molecule has 0 fully saturated rings. The van der Waals surface area contributed by atoms with Crippen molar-refractivity contribution in [3.05, 3.63) is 102 Å². The van der Waals surface area contributed by atoms with Crippen LogP contribution in [0.4, 0.5) is 0 Å². The molecule has 0 aromatic heterocycles. The number of carbonyl (C=O) groups is 1. The van der Waals surface area contributed by atoms with Gasteiger partial charge >= 0.3 is 5.97 Å². The van der Waals surface area contributed by atoms with Gasteiger partial charge in [-0.15, -0.1) is 0 Å². The van der Waals surface area contributed by atoms with E-state index in [0.717, 1.165) is 16.7 Å². The smallest absolute Gasteiger partial charge is 0.323 e. The number of hydrogen-bond acceptors (Lipinski definition) is 2. The number of hydrogen-bond donors (Lipinski definition) is 0. The second-order valence-electron chi connectivity index (χ2n) is 5.44. The van der Waals surface area contributed by atoms with Crippen LogP contribution in [0.1, 0.15) is 22.6 Å². The Hall–Kier alpha value is -2.87. The Labute approximate surface area is 136 Å². The minimum absolute atomic E-state index is 0.267. The van der Waals surface area contributed by atoms with E-state index in [1.54, 1.807) is 0 Å². The maximum Gasteiger partial charge on any atom is 0.323 e. The molecular formula is C21H18O2. The fourth-order valence-corrected chi connectivity index (χ4v) is 2.59. The molecule has 0 aliphatic heterocycles. The number of para-hydroxylation sites is 1. The van der Waals surface area contributed by atoms with Crippen molar-refractivity contribution in [2.24, 2.45) is 0 Å². The van der Waals surface area contributed by atoms with Crippen molar-refractivity contribution in [3.63, 3.8) is 0 Å². The van der Waals surface area contributed by atoms with Crippen molar-refractivity contribution in [3.8, 4) is 5.75 Å². The highest BCUT2D eigenvalue weighted by molar-refractivity contribution is 5.84. The van der Waals surface area contributed by atoms with Crippen LogP contribution in [-0.4, -0.2) is 5.97 Å². The summed E-state index contributed by atoms with van der Waals surface area (Å²) in [6, 6.07) is 27.0. The molecule has 0 saturated carbocycles. The zero-order valence-electron chi connectivity index (χ0n) is 13.0. The minimum atomic E-state index is -0.433. The van der Waals surface area contributed by atoms with E-state index in [1.165, 1.54) is 0 Å². The van der Waals surface area contributed by atoms with Crippen LogP contribution in [-0.2, 0) is 4.79 Å². The van der Waals surface area contributed by atoms with Gasteiger partial charge in [0, 0.05) is 0 Å². The summed E-state index contributed by atoms with van der Waals surface area (Å²) >= 11 is 0. The van der Waals surface area contributed by atoms with Crippen molar-refractivity contribution in [1.29, 1.82) is 0 Å². The summed E-state index contributed by atoms with van der Waals surface area (Å²) in [6.07, 6.45) is 0. The monoisotopic (exact) mass is 302 g/mol. The Balaban J connectivity index is 1.96. The quantitative estimate of drug-likeness (QED) is 0.514. The average Bonchev–Trinajstić information content (AvgIpc) is 2.59. The summed E-state index contributed by atoms with van der Waals surface area (Å²) in [5, 5.41) is 0. The standard InChI is InChI=1S/C21H18O2/c1-16-10-8-9-15-19(16)23-21(22)20(17-11-4-2-5-12-17)18-13-6-3-7-14-18/h2-15,20H,1H3. The highest BCUT2D eigenvalue weighted by Gasteiger charge is 2.24. The van der Waals surface area contributed by atoms with E-state index in [0.29, 0.717) is 5.75 Å². The molecule has 0 N–H and O–H groups in total. The fraction of sp³-hybridized carbons (Fsp3) is 0.0952. The molecule has 0 aliphatic carbocycles. The normalized spacial score (nSPS) is 10.5. The van der Waals surface area contributed by atoms with E-state index in [2.05, 4.69) is 0 Å². The average molecular weight is 302 g/mol. The second-order valence-corrected chi connectivity index (χ2v) is 5.44. The van der Waals surface area contributed by atoms with Gasteiger partial charge in [0.2, 0.25) is 0 Å². The molecule has 2 heteroatoms. The molecule has 0 atom stereocenters. The molecule has 2 nitrogen and oxygen atoms in total. The summed E-state index contributed by atoms with van der Waals surface area (Å²) in [4.78, 5) is 12.8. The first-order valence-electron chi connectivity index (χ1n) is 7.63. The van der Waals surface area contributed by atoms with Crippen molar-refractivity contribution >= 4 is 5.97 Å². The number of ether oxygens (including phenoxy) is 1. The van der Waals surface area contributed by atoms with Crippen LogP contribution in [0.25, 0.3) is 0 Å². The lowest BCUT2D eigenvalue weighted by Gasteiger charge is -2.17. The molecule has 114 valence electrons. The van der Waals surface area contributed by atoms with E-state index in [9.17, 15) is 4.79 Å². The van der Waals surface area contributed by atoms with Crippen LogP contribution >= 0.6 is 0 Å². The van der Waals surface area contributed by atoms with Gasteiger partial charge < -0.3 is 4.74 Å². The molecule has 0 spiro atoms. The van der Waals surface area contributed by atoms with Crippen molar-refractivity contribution in [2.45, 2.75) is 12.8 Å². The summed E-state index contributed by atoms with van der Waals surface area (Å²) in [7, 11) is 0. The van der Waals surface area contributed by atoms with E-state index in [1.807, 2.05) is 91.9 Å². The summed E-state index contributed by atoms with van der Waals surface area (Å²) in [5.74, 6) is -0.0944. The van der Waals surface area contributed by atoms with Gasteiger partial charge in [0.25, 0.3) is 0 Å². The molecule has 0 amide bonds. The highest BCUT2D eigenvalue weighted by Crippen LogP contribution is 2.27. The van der Waals surface area contributed by atoms with E-state index < -0.39 is 5.92 Å². The zero-order chi connectivity index (χ0) is 16.1. The molecule has 0 bridgehead atoms. The van der Waals surface area contributed by atoms with Gasteiger partial charge in [-0.3, -0.25) is 4.79 Å². The van der Waals surface area contributed by atoms with Gasteiger partial charge in [0.1, 0.15) is 11.7 Å². The van der Waals surface area contributed by atoms with Crippen LogP contribution in [0.15, 0.2) is 84.9 Å². The minimum Gasteiger partial charge on any atom is -0.426 e. The van der Waals surface area contributed by atoms with Crippen LogP contribution in [0.3, 0.4) is 0 Å². The van der Waals surface area contributed by atoms with Gasteiger partial charge in [-0.25, -0.2) is 0 Å². The van der Waals surface area contributed by atoms with Crippen LogP contribution in [0.5, 0.6) is 5.75 Å². The van der Waals surface area contributed by atoms with E-state index in [4.69, 9.17) is 4.74 Å². The molecule has 0 saturated heterocycles. The van der Waals surface area contributed by atoms with Crippen LogP contribution < -0.4 is 4.74 Å². The second kappa shape index (κ2) is 6.93. The zero-order valence-corrected chi connectivity index (χ0v) is 13.0. The van der Waals surface area contributed by atoms with E-state index in [-0.39, 0.29) is 5.97 Å². The molecule has 3 aromatic rings. The maximum atomic E-state index is 12.8. The number of carbonyl (C=O) groups excluding carboxylic acids is 1. The number of esters is 1. The molecule has 23 heavy (non-hydrogen) atoms. The third-order valence-electron chi connectivity index (χ3n) is 3.81.